The highest BCUT2D eigenvalue weighted by Crippen LogP contribution is 2.40. The number of benzene rings is 2. The van der Waals surface area contributed by atoms with E-state index in [2.05, 4.69) is 0 Å². The molecular weight excluding hydrogens is 526 g/mol. The van der Waals surface area contributed by atoms with Gasteiger partial charge in [-0.2, -0.15) is 0 Å². The van der Waals surface area contributed by atoms with Crippen molar-refractivity contribution in [2.75, 3.05) is 0 Å². The van der Waals surface area contributed by atoms with Crippen LogP contribution < -0.4 is 0 Å². The average Bonchev–Trinajstić information content (AvgIpc) is 3.28. The third kappa shape index (κ3) is 11.3. The van der Waals surface area contributed by atoms with E-state index in [1.165, 1.54) is 0 Å². The van der Waals surface area contributed by atoms with E-state index in [0.717, 1.165) is 36.8 Å². The van der Waals surface area contributed by atoms with Crippen LogP contribution in [0.1, 0.15) is 95.1 Å². The number of carbonyl (C=O) groups excluding carboxylic acids is 2. The second kappa shape index (κ2) is 17.3. The topological polar surface area (TPSA) is 72.8 Å². The Kier molecular flexibility index (Phi) is 13.9. The molecule has 0 radical (unpaired) electrons. The van der Waals surface area contributed by atoms with Crippen LogP contribution in [0.5, 0.6) is 0 Å². The maximum absolute atomic E-state index is 14.5. The van der Waals surface area contributed by atoms with Crippen LogP contribution >= 0.6 is 0 Å². The summed E-state index contributed by atoms with van der Waals surface area (Å²) < 4.78 is 40.4. The van der Waals surface area contributed by atoms with Gasteiger partial charge in [0.15, 0.2) is 0 Å². The second-order valence-electron chi connectivity index (χ2n) is 11.3. The zero-order chi connectivity index (χ0) is 29.5. The largest absolute Gasteiger partial charge is 0.461 e. The van der Waals surface area contributed by atoms with Gasteiger partial charge in [-0.05, 0) is 49.1 Å². The Balaban J connectivity index is 1.46. The average molecular weight is 573 g/mol. The van der Waals surface area contributed by atoms with Crippen molar-refractivity contribution in [3.8, 4) is 0 Å². The molecule has 2 aromatic rings. The lowest BCUT2D eigenvalue weighted by atomic mass is 9.84. The summed E-state index contributed by atoms with van der Waals surface area (Å²) in [5.41, 5.74) is 1.95. The molecule has 0 aromatic heterocycles. The van der Waals surface area contributed by atoms with Gasteiger partial charge < -0.3 is 14.6 Å². The summed E-state index contributed by atoms with van der Waals surface area (Å²) in [5.74, 6) is -3.69. The predicted octanol–water partition coefficient (Wildman–Crippen LogP) is 7.83. The smallest absolute Gasteiger partial charge is 0.306 e. The number of Topliss-reactive ketones (excluding diaryl/α,β-unsaturated/α-hetero) is 1. The van der Waals surface area contributed by atoms with Gasteiger partial charge in [0.2, 0.25) is 0 Å². The van der Waals surface area contributed by atoms with Crippen molar-refractivity contribution in [2.24, 2.45) is 11.8 Å². The van der Waals surface area contributed by atoms with Gasteiger partial charge in [0, 0.05) is 25.2 Å². The molecule has 1 aliphatic rings. The number of hydrogen-bond donors (Lipinski definition) is 1. The molecule has 1 unspecified atom stereocenters. The maximum atomic E-state index is 14.5. The van der Waals surface area contributed by atoms with Crippen LogP contribution in [0, 0.1) is 11.8 Å². The molecule has 2 aromatic carbocycles. The van der Waals surface area contributed by atoms with Crippen LogP contribution in [0.2, 0.25) is 0 Å². The van der Waals surface area contributed by atoms with E-state index < -0.39 is 12.0 Å². The molecule has 4 atom stereocenters. The number of carbonyl (C=O) groups is 2. The van der Waals surface area contributed by atoms with Crippen molar-refractivity contribution in [1.29, 1.82) is 0 Å². The SMILES string of the molecule is CCCCC(F)(F)C(O)CC[C@H]1[C@H](OCc2ccccc2)CC(=O)[C@@H]1CCCCCCC(=O)OCc1ccccc1. The van der Waals surface area contributed by atoms with Crippen molar-refractivity contribution in [3.63, 3.8) is 0 Å². The lowest BCUT2D eigenvalue weighted by molar-refractivity contribution is -0.145. The molecule has 226 valence electrons. The first-order valence-corrected chi connectivity index (χ1v) is 15.2. The molecule has 7 heteroatoms. The van der Waals surface area contributed by atoms with Gasteiger partial charge >= 0.3 is 5.97 Å². The van der Waals surface area contributed by atoms with Crippen LogP contribution in [0.4, 0.5) is 8.78 Å². The summed E-state index contributed by atoms with van der Waals surface area (Å²) in [5, 5.41) is 10.3. The summed E-state index contributed by atoms with van der Waals surface area (Å²) in [7, 11) is 0. The predicted molar refractivity (Wildman–Crippen MR) is 155 cm³/mol. The molecule has 5 nitrogen and oxygen atoms in total. The van der Waals surface area contributed by atoms with Gasteiger partial charge in [-0.3, -0.25) is 9.59 Å². The van der Waals surface area contributed by atoms with Crippen LogP contribution in [0.3, 0.4) is 0 Å². The Morgan fingerprint density at radius 3 is 2.22 bits per heavy atom. The quantitative estimate of drug-likeness (QED) is 0.137. The van der Waals surface area contributed by atoms with E-state index in [0.29, 0.717) is 38.7 Å². The third-order valence-electron chi connectivity index (χ3n) is 8.13. The van der Waals surface area contributed by atoms with E-state index in [9.17, 15) is 23.5 Å². The highest BCUT2D eigenvalue weighted by Gasteiger charge is 2.44. The number of ether oxygens (including phenoxy) is 2. The van der Waals surface area contributed by atoms with E-state index in [1.807, 2.05) is 67.6 Å². The first-order valence-electron chi connectivity index (χ1n) is 15.2. The van der Waals surface area contributed by atoms with Crippen LogP contribution in [-0.2, 0) is 32.3 Å². The molecule has 0 aliphatic heterocycles. The highest BCUT2D eigenvalue weighted by atomic mass is 19.3. The Hall–Kier alpha value is -2.64. The Morgan fingerprint density at radius 1 is 0.927 bits per heavy atom. The normalized spacial score (nSPS) is 19.8. The van der Waals surface area contributed by atoms with Gasteiger partial charge in [-0.25, -0.2) is 8.78 Å². The molecule has 0 spiro atoms. The van der Waals surface area contributed by atoms with E-state index >= 15 is 0 Å². The minimum Gasteiger partial charge on any atom is -0.461 e. The van der Waals surface area contributed by atoms with Crippen LogP contribution in [-0.4, -0.2) is 35.0 Å². The van der Waals surface area contributed by atoms with Gasteiger partial charge in [0.25, 0.3) is 5.92 Å². The summed E-state index contributed by atoms with van der Waals surface area (Å²) in [6.07, 6.45) is 3.44. The molecule has 0 saturated heterocycles. The molecule has 1 aliphatic carbocycles. The van der Waals surface area contributed by atoms with Gasteiger partial charge in [0.1, 0.15) is 18.5 Å². The number of aliphatic hydroxyl groups is 1. The Labute approximate surface area is 243 Å². The molecule has 1 N–H and O–H groups in total. The number of hydrogen-bond acceptors (Lipinski definition) is 5. The van der Waals surface area contributed by atoms with Crippen LogP contribution in [0.25, 0.3) is 0 Å². The maximum Gasteiger partial charge on any atom is 0.306 e. The van der Waals surface area contributed by atoms with E-state index in [1.54, 1.807) is 0 Å². The molecule has 1 fully saturated rings. The molecule has 3 rings (SSSR count). The first-order chi connectivity index (χ1) is 19.8. The Bertz CT molecular complexity index is 1030. The molecule has 0 bridgehead atoms. The number of ketones is 1. The van der Waals surface area contributed by atoms with E-state index in [4.69, 9.17) is 9.47 Å². The number of unbranched alkanes of at least 4 members (excludes halogenated alkanes) is 4. The van der Waals surface area contributed by atoms with Crippen molar-refractivity contribution in [1.82, 2.24) is 0 Å². The Morgan fingerprint density at radius 2 is 1.56 bits per heavy atom. The number of rotatable bonds is 19. The molecule has 0 heterocycles. The second-order valence-corrected chi connectivity index (χ2v) is 11.3. The molecule has 0 amide bonds. The fraction of sp³-hybridized carbons (Fsp3) is 0.588. The highest BCUT2D eigenvalue weighted by molar-refractivity contribution is 5.84. The van der Waals surface area contributed by atoms with E-state index in [-0.39, 0.29) is 55.6 Å². The molecular formula is C34H46F2O5. The van der Waals surface area contributed by atoms with Crippen molar-refractivity contribution in [3.05, 3.63) is 71.8 Å². The fourth-order valence-electron chi connectivity index (χ4n) is 5.66. The fourth-order valence-corrected chi connectivity index (χ4v) is 5.66. The number of halogens is 2. The van der Waals surface area contributed by atoms with Gasteiger partial charge in [0.05, 0.1) is 12.7 Å². The number of aliphatic hydroxyl groups excluding tert-OH is 1. The lowest BCUT2D eigenvalue weighted by Gasteiger charge is -2.28. The minimum atomic E-state index is -3.13. The monoisotopic (exact) mass is 572 g/mol. The lowest BCUT2D eigenvalue weighted by Crippen LogP contribution is -2.35. The summed E-state index contributed by atoms with van der Waals surface area (Å²) in [4.78, 5) is 25.1. The number of esters is 1. The summed E-state index contributed by atoms with van der Waals surface area (Å²) in [6.45, 7) is 2.48. The van der Waals surface area contributed by atoms with Crippen molar-refractivity contribution >= 4 is 11.8 Å². The third-order valence-corrected chi connectivity index (χ3v) is 8.13. The zero-order valence-electron chi connectivity index (χ0n) is 24.3. The van der Waals surface area contributed by atoms with Gasteiger partial charge in [-0.15, -0.1) is 0 Å². The zero-order valence-corrected chi connectivity index (χ0v) is 24.3. The molecule has 41 heavy (non-hydrogen) atoms. The van der Waals surface area contributed by atoms with Crippen molar-refractivity contribution < 1.29 is 33.0 Å². The van der Waals surface area contributed by atoms with Crippen LogP contribution in [0.15, 0.2) is 60.7 Å². The first kappa shape index (κ1) is 32.9. The number of alkyl halides is 2. The molecule has 1 saturated carbocycles. The van der Waals surface area contributed by atoms with Crippen molar-refractivity contribution in [2.45, 2.75) is 115 Å². The summed E-state index contributed by atoms with van der Waals surface area (Å²) in [6, 6.07) is 19.3. The minimum absolute atomic E-state index is 0.0541. The van der Waals surface area contributed by atoms with Gasteiger partial charge in [-0.1, -0.05) is 93.3 Å². The summed E-state index contributed by atoms with van der Waals surface area (Å²) >= 11 is 0. The standard InChI is InChI=1S/C34H46F2O5/c1-2-3-22-34(35,36)32(38)21-20-29-28(30(37)23-31(29)40-24-26-14-8-6-9-15-26)18-12-4-5-13-19-33(39)41-25-27-16-10-7-11-17-27/h6-11,14-17,28-29,31-32,38H,2-5,12-13,18-25H2,1H3/t28-,29-,31-,32?/m1/s1.